The van der Waals surface area contributed by atoms with Crippen molar-refractivity contribution in [3.8, 4) is 11.1 Å². The number of hydrogen-bond donors (Lipinski definition) is 1. The van der Waals surface area contributed by atoms with Crippen LogP contribution in [0.1, 0.15) is 56.7 Å². The summed E-state index contributed by atoms with van der Waals surface area (Å²) in [5.74, 6) is 0.526. The van der Waals surface area contributed by atoms with Gasteiger partial charge in [0.25, 0.3) is 0 Å². The van der Waals surface area contributed by atoms with Gasteiger partial charge in [-0.15, -0.1) is 0 Å². The fourth-order valence-electron chi connectivity index (χ4n) is 5.45. The number of anilines is 1. The maximum atomic E-state index is 12.6. The molecule has 0 saturated carbocycles. The number of amides is 1. The average molecular weight is 437 g/mol. The van der Waals surface area contributed by atoms with Crippen LogP contribution in [0.25, 0.3) is 11.1 Å². The lowest BCUT2D eigenvalue weighted by atomic mass is 9.83. The molecule has 1 atom stereocenters. The SMILES string of the molecule is NC(=O)C1(N2CCCCC2)CCN(c2ncc(-c3ccncc3)c(C3CCCO3)n2)CC1. The normalized spacial score (nSPS) is 23.9. The van der Waals surface area contributed by atoms with Crippen LogP contribution in [0.5, 0.6) is 0 Å². The van der Waals surface area contributed by atoms with Crippen molar-refractivity contribution in [2.75, 3.05) is 37.7 Å². The highest BCUT2D eigenvalue weighted by molar-refractivity contribution is 5.85. The number of nitrogens with two attached hydrogens (primary N) is 1. The molecule has 3 fully saturated rings. The van der Waals surface area contributed by atoms with Crippen molar-refractivity contribution in [2.24, 2.45) is 5.73 Å². The van der Waals surface area contributed by atoms with E-state index in [4.69, 9.17) is 20.4 Å². The zero-order valence-corrected chi connectivity index (χ0v) is 18.6. The van der Waals surface area contributed by atoms with E-state index in [-0.39, 0.29) is 12.0 Å². The van der Waals surface area contributed by atoms with Crippen molar-refractivity contribution < 1.29 is 9.53 Å². The molecule has 3 aliphatic rings. The lowest BCUT2D eigenvalue weighted by Gasteiger charge is -2.48. The summed E-state index contributed by atoms with van der Waals surface area (Å²) < 4.78 is 6.00. The minimum absolute atomic E-state index is 0.0113. The van der Waals surface area contributed by atoms with Crippen LogP contribution in [-0.4, -0.2) is 64.1 Å². The molecule has 32 heavy (non-hydrogen) atoms. The first-order valence-electron chi connectivity index (χ1n) is 11.9. The maximum Gasteiger partial charge on any atom is 0.238 e. The van der Waals surface area contributed by atoms with Gasteiger partial charge in [-0.25, -0.2) is 9.97 Å². The molecule has 0 aliphatic carbocycles. The van der Waals surface area contributed by atoms with Gasteiger partial charge in [0.1, 0.15) is 11.6 Å². The van der Waals surface area contributed by atoms with E-state index < -0.39 is 5.54 Å². The van der Waals surface area contributed by atoms with Gasteiger partial charge >= 0.3 is 0 Å². The second-order valence-electron chi connectivity index (χ2n) is 9.14. The first kappa shape index (κ1) is 21.3. The third-order valence-corrected chi connectivity index (χ3v) is 7.33. The Hall–Kier alpha value is -2.58. The van der Waals surface area contributed by atoms with E-state index in [0.717, 1.165) is 75.3 Å². The minimum Gasteiger partial charge on any atom is -0.372 e. The topological polar surface area (TPSA) is 97.5 Å². The van der Waals surface area contributed by atoms with Crippen LogP contribution in [0.15, 0.2) is 30.7 Å². The third-order valence-electron chi connectivity index (χ3n) is 7.33. The average Bonchev–Trinajstić information content (AvgIpc) is 3.40. The number of nitrogens with zero attached hydrogens (tertiary/aromatic N) is 5. The molecule has 1 amide bonds. The van der Waals surface area contributed by atoms with Gasteiger partial charge < -0.3 is 15.4 Å². The molecular weight excluding hydrogens is 404 g/mol. The molecule has 0 bridgehead atoms. The third kappa shape index (κ3) is 3.97. The predicted octanol–water partition coefficient (Wildman–Crippen LogP) is 2.70. The van der Waals surface area contributed by atoms with Crippen LogP contribution in [0.2, 0.25) is 0 Å². The quantitative estimate of drug-likeness (QED) is 0.769. The van der Waals surface area contributed by atoms with Crippen molar-refractivity contribution >= 4 is 11.9 Å². The van der Waals surface area contributed by atoms with E-state index in [1.807, 2.05) is 18.3 Å². The molecule has 1 unspecified atom stereocenters. The molecule has 3 aliphatic heterocycles. The molecule has 2 aromatic heterocycles. The summed E-state index contributed by atoms with van der Waals surface area (Å²) in [6.07, 6.45) is 12.4. The largest absolute Gasteiger partial charge is 0.372 e. The molecule has 5 heterocycles. The Kier molecular flexibility index (Phi) is 6.06. The summed E-state index contributed by atoms with van der Waals surface area (Å²) in [5.41, 5.74) is 8.42. The fourth-order valence-corrected chi connectivity index (χ4v) is 5.45. The Morgan fingerprint density at radius 2 is 1.81 bits per heavy atom. The Morgan fingerprint density at radius 3 is 2.47 bits per heavy atom. The second kappa shape index (κ2) is 9.11. The number of pyridine rings is 1. The first-order valence-corrected chi connectivity index (χ1v) is 11.9. The predicted molar refractivity (Wildman–Crippen MR) is 122 cm³/mol. The van der Waals surface area contributed by atoms with Gasteiger partial charge in [-0.1, -0.05) is 6.42 Å². The zero-order valence-electron chi connectivity index (χ0n) is 18.6. The summed E-state index contributed by atoms with van der Waals surface area (Å²) in [5, 5.41) is 0. The molecule has 2 aromatic rings. The summed E-state index contributed by atoms with van der Waals surface area (Å²) >= 11 is 0. The van der Waals surface area contributed by atoms with Crippen LogP contribution in [0, 0.1) is 0 Å². The van der Waals surface area contributed by atoms with Crippen molar-refractivity contribution in [1.29, 1.82) is 0 Å². The number of piperidine rings is 2. The first-order chi connectivity index (χ1) is 15.7. The van der Waals surface area contributed by atoms with E-state index in [0.29, 0.717) is 18.8 Å². The summed E-state index contributed by atoms with van der Waals surface area (Å²) in [6, 6.07) is 3.97. The Balaban J connectivity index is 1.39. The molecule has 0 aromatic carbocycles. The summed E-state index contributed by atoms with van der Waals surface area (Å²) in [4.78, 5) is 30.9. The number of ether oxygens (including phenoxy) is 1. The molecule has 3 saturated heterocycles. The zero-order chi connectivity index (χ0) is 22.0. The smallest absolute Gasteiger partial charge is 0.238 e. The lowest BCUT2D eigenvalue weighted by molar-refractivity contribution is -0.132. The molecule has 170 valence electrons. The van der Waals surface area contributed by atoms with Crippen LogP contribution < -0.4 is 10.6 Å². The van der Waals surface area contributed by atoms with E-state index in [9.17, 15) is 4.79 Å². The number of rotatable bonds is 5. The molecular formula is C24H32N6O2. The number of hydrogen-bond acceptors (Lipinski definition) is 7. The van der Waals surface area contributed by atoms with Crippen molar-refractivity contribution in [2.45, 2.75) is 56.6 Å². The van der Waals surface area contributed by atoms with Crippen LogP contribution in [-0.2, 0) is 9.53 Å². The number of carbonyl (C=O) groups excluding carboxylic acids is 1. The van der Waals surface area contributed by atoms with Gasteiger partial charge in [0, 0.05) is 43.9 Å². The van der Waals surface area contributed by atoms with E-state index in [2.05, 4.69) is 14.8 Å². The van der Waals surface area contributed by atoms with E-state index in [1.54, 1.807) is 12.4 Å². The van der Waals surface area contributed by atoms with Gasteiger partial charge in [0.2, 0.25) is 11.9 Å². The molecule has 0 spiro atoms. The van der Waals surface area contributed by atoms with Crippen molar-refractivity contribution in [3.63, 3.8) is 0 Å². The van der Waals surface area contributed by atoms with E-state index >= 15 is 0 Å². The minimum atomic E-state index is -0.536. The van der Waals surface area contributed by atoms with Gasteiger partial charge in [0.15, 0.2) is 0 Å². The number of carbonyl (C=O) groups is 1. The van der Waals surface area contributed by atoms with Gasteiger partial charge in [-0.3, -0.25) is 14.7 Å². The highest BCUT2D eigenvalue weighted by Crippen LogP contribution is 2.36. The Labute approximate surface area is 189 Å². The molecule has 8 nitrogen and oxygen atoms in total. The Bertz CT molecular complexity index is 933. The maximum absolute atomic E-state index is 12.6. The van der Waals surface area contributed by atoms with Gasteiger partial charge in [-0.05, 0) is 69.3 Å². The Morgan fingerprint density at radius 1 is 1.06 bits per heavy atom. The number of aromatic nitrogens is 3. The summed E-state index contributed by atoms with van der Waals surface area (Å²) in [7, 11) is 0. The fraction of sp³-hybridized carbons (Fsp3) is 0.583. The van der Waals surface area contributed by atoms with Crippen LogP contribution in [0.3, 0.4) is 0 Å². The summed E-state index contributed by atoms with van der Waals surface area (Å²) in [6.45, 7) is 4.13. The second-order valence-corrected chi connectivity index (χ2v) is 9.14. The monoisotopic (exact) mass is 436 g/mol. The highest BCUT2D eigenvalue weighted by Gasteiger charge is 2.45. The number of likely N-dealkylation sites (tertiary alicyclic amines) is 1. The highest BCUT2D eigenvalue weighted by atomic mass is 16.5. The molecule has 5 rings (SSSR count). The molecule has 8 heteroatoms. The number of primary amides is 1. The molecule has 2 N–H and O–H groups in total. The van der Waals surface area contributed by atoms with Crippen LogP contribution in [0.4, 0.5) is 5.95 Å². The lowest BCUT2D eigenvalue weighted by Crippen LogP contribution is -2.63. The van der Waals surface area contributed by atoms with Gasteiger partial charge in [-0.2, -0.15) is 0 Å². The van der Waals surface area contributed by atoms with E-state index in [1.165, 1.54) is 6.42 Å². The van der Waals surface area contributed by atoms with Crippen molar-refractivity contribution in [1.82, 2.24) is 19.9 Å². The van der Waals surface area contributed by atoms with Crippen LogP contribution >= 0.6 is 0 Å². The molecule has 0 radical (unpaired) electrons. The van der Waals surface area contributed by atoms with Crippen molar-refractivity contribution in [3.05, 3.63) is 36.4 Å². The van der Waals surface area contributed by atoms with Gasteiger partial charge in [0.05, 0.1) is 5.69 Å². The standard InChI is InChI=1S/C24H32N6O2/c25-22(31)24(30-12-2-1-3-13-30)8-14-29(15-9-24)23-27-17-19(18-6-10-26-11-7-18)21(28-23)20-5-4-16-32-20/h6-7,10-11,17,20H,1-5,8-9,12-16H2,(H2,25,31).